The van der Waals surface area contributed by atoms with Crippen molar-refractivity contribution in [3.8, 4) is 0 Å². The van der Waals surface area contributed by atoms with Crippen molar-refractivity contribution >= 4 is 17.5 Å². The van der Waals surface area contributed by atoms with Gasteiger partial charge in [-0.3, -0.25) is 9.69 Å². The monoisotopic (exact) mass is 296 g/mol. The Bertz CT molecular complexity index is 471. The lowest BCUT2D eigenvalue weighted by molar-refractivity contribution is -0.141. The number of benzene rings is 1. The molecule has 110 valence electrons. The fourth-order valence-electron chi connectivity index (χ4n) is 2.60. The first-order chi connectivity index (χ1) is 9.50. The molecule has 1 aromatic carbocycles. The van der Waals surface area contributed by atoms with Crippen LogP contribution in [-0.2, 0) is 4.79 Å². The smallest absolute Gasteiger partial charge is 0.251 e. The van der Waals surface area contributed by atoms with Crippen molar-refractivity contribution in [2.24, 2.45) is 0 Å². The van der Waals surface area contributed by atoms with Gasteiger partial charge in [-0.05, 0) is 25.5 Å². The maximum absolute atomic E-state index is 11.7. The first-order valence-corrected chi connectivity index (χ1v) is 7.34. The molecule has 1 aliphatic heterocycles. The van der Waals surface area contributed by atoms with Gasteiger partial charge in [0.1, 0.15) is 6.10 Å². The van der Waals surface area contributed by atoms with Crippen LogP contribution in [0.1, 0.15) is 25.5 Å². The van der Waals surface area contributed by atoms with Crippen molar-refractivity contribution in [3.63, 3.8) is 0 Å². The van der Waals surface area contributed by atoms with Crippen molar-refractivity contribution in [1.29, 1.82) is 0 Å². The predicted molar refractivity (Wildman–Crippen MR) is 79.7 cm³/mol. The Morgan fingerprint density at radius 3 is 2.35 bits per heavy atom. The second-order valence-electron chi connectivity index (χ2n) is 5.23. The van der Waals surface area contributed by atoms with Crippen LogP contribution in [-0.4, -0.2) is 53.1 Å². The summed E-state index contributed by atoms with van der Waals surface area (Å²) in [6, 6.07) is 8.09. The lowest BCUT2D eigenvalue weighted by Gasteiger charge is -2.38. The normalized spacial score (nSPS) is 19.7. The lowest BCUT2D eigenvalue weighted by atomic mass is 10.1. The highest BCUT2D eigenvalue weighted by atomic mass is 35.5. The van der Waals surface area contributed by atoms with E-state index in [0.29, 0.717) is 13.1 Å². The Morgan fingerprint density at radius 2 is 1.80 bits per heavy atom. The van der Waals surface area contributed by atoms with Gasteiger partial charge in [0.2, 0.25) is 0 Å². The zero-order chi connectivity index (χ0) is 14.7. The average molecular weight is 297 g/mol. The number of hydrogen-bond donors (Lipinski definition) is 1. The SMILES string of the molecule is CC(O)C(=O)N1CCN(C(C)c2ccccc2Cl)CC1. The molecule has 1 fully saturated rings. The minimum atomic E-state index is -0.914. The lowest BCUT2D eigenvalue weighted by Crippen LogP contribution is -2.51. The van der Waals surface area contributed by atoms with Gasteiger partial charge in [-0.15, -0.1) is 0 Å². The largest absolute Gasteiger partial charge is 0.384 e. The van der Waals surface area contributed by atoms with Crippen LogP contribution in [0.15, 0.2) is 24.3 Å². The summed E-state index contributed by atoms with van der Waals surface area (Å²) in [7, 11) is 0. The third kappa shape index (κ3) is 3.32. The van der Waals surface area contributed by atoms with Gasteiger partial charge in [-0.1, -0.05) is 29.8 Å². The van der Waals surface area contributed by atoms with Gasteiger partial charge >= 0.3 is 0 Å². The molecule has 2 unspecified atom stereocenters. The summed E-state index contributed by atoms with van der Waals surface area (Å²) in [4.78, 5) is 15.8. The molecule has 0 aliphatic carbocycles. The minimum Gasteiger partial charge on any atom is -0.384 e. The van der Waals surface area contributed by atoms with Crippen LogP contribution in [0.2, 0.25) is 5.02 Å². The van der Waals surface area contributed by atoms with E-state index in [2.05, 4.69) is 11.8 Å². The van der Waals surface area contributed by atoms with Crippen molar-refractivity contribution in [2.45, 2.75) is 26.0 Å². The van der Waals surface area contributed by atoms with E-state index >= 15 is 0 Å². The Hall–Kier alpha value is -1.10. The third-order valence-electron chi connectivity index (χ3n) is 3.89. The molecule has 1 aliphatic rings. The van der Waals surface area contributed by atoms with Gasteiger partial charge in [0.05, 0.1) is 0 Å². The summed E-state index contributed by atoms with van der Waals surface area (Å²) < 4.78 is 0. The number of aliphatic hydroxyl groups excluding tert-OH is 1. The highest BCUT2D eigenvalue weighted by Crippen LogP contribution is 2.27. The number of carbonyl (C=O) groups excluding carboxylic acids is 1. The molecule has 0 radical (unpaired) electrons. The molecule has 2 rings (SSSR count). The number of amides is 1. The highest BCUT2D eigenvalue weighted by molar-refractivity contribution is 6.31. The summed E-state index contributed by atoms with van der Waals surface area (Å²) in [5.41, 5.74) is 1.12. The minimum absolute atomic E-state index is 0.185. The van der Waals surface area contributed by atoms with E-state index in [4.69, 9.17) is 11.6 Å². The van der Waals surface area contributed by atoms with Gasteiger partial charge in [0, 0.05) is 37.2 Å². The molecule has 5 heteroatoms. The summed E-state index contributed by atoms with van der Waals surface area (Å²) in [5, 5.41) is 10.1. The van der Waals surface area contributed by atoms with Crippen LogP contribution >= 0.6 is 11.6 Å². The van der Waals surface area contributed by atoms with Crippen molar-refractivity contribution in [3.05, 3.63) is 34.9 Å². The van der Waals surface area contributed by atoms with E-state index in [0.717, 1.165) is 23.7 Å². The summed E-state index contributed by atoms with van der Waals surface area (Å²) in [6.07, 6.45) is -0.914. The molecule has 1 saturated heterocycles. The van der Waals surface area contributed by atoms with Gasteiger partial charge in [0.15, 0.2) is 0 Å². The van der Waals surface area contributed by atoms with Gasteiger partial charge < -0.3 is 10.0 Å². The standard InChI is InChI=1S/C15H21ClN2O2/c1-11(13-5-3-4-6-14(13)16)17-7-9-18(10-8-17)15(20)12(2)19/h3-6,11-12,19H,7-10H2,1-2H3. The van der Waals surface area contributed by atoms with E-state index in [9.17, 15) is 9.90 Å². The van der Waals surface area contributed by atoms with E-state index in [1.54, 1.807) is 4.90 Å². The van der Waals surface area contributed by atoms with Crippen LogP contribution in [0, 0.1) is 0 Å². The molecular formula is C15H21ClN2O2. The second-order valence-corrected chi connectivity index (χ2v) is 5.64. The van der Waals surface area contributed by atoms with Crippen molar-refractivity contribution < 1.29 is 9.90 Å². The number of halogens is 1. The fourth-order valence-corrected chi connectivity index (χ4v) is 2.90. The Morgan fingerprint density at radius 1 is 1.20 bits per heavy atom. The van der Waals surface area contributed by atoms with Crippen LogP contribution in [0.3, 0.4) is 0 Å². The molecule has 0 spiro atoms. The Labute approximate surface area is 124 Å². The Kier molecular flexibility index (Phi) is 5.02. The molecule has 0 aromatic heterocycles. The van der Waals surface area contributed by atoms with E-state index in [1.165, 1.54) is 6.92 Å². The molecule has 1 aromatic rings. The molecule has 4 nitrogen and oxygen atoms in total. The number of carbonyl (C=O) groups is 1. The van der Waals surface area contributed by atoms with E-state index in [-0.39, 0.29) is 11.9 Å². The molecule has 20 heavy (non-hydrogen) atoms. The van der Waals surface area contributed by atoms with E-state index < -0.39 is 6.10 Å². The van der Waals surface area contributed by atoms with Crippen molar-refractivity contribution in [1.82, 2.24) is 9.80 Å². The van der Waals surface area contributed by atoms with Crippen LogP contribution in [0.5, 0.6) is 0 Å². The van der Waals surface area contributed by atoms with Gasteiger partial charge in [-0.2, -0.15) is 0 Å². The van der Waals surface area contributed by atoms with Crippen LogP contribution < -0.4 is 0 Å². The maximum atomic E-state index is 11.7. The average Bonchev–Trinajstić information content (AvgIpc) is 2.46. The highest BCUT2D eigenvalue weighted by Gasteiger charge is 2.26. The van der Waals surface area contributed by atoms with Gasteiger partial charge in [-0.25, -0.2) is 0 Å². The molecule has 1 amide bonds. The van der Waals surface area contributed by atoms with Crippen LogP contribution in [0.4, 0.5) is 0 Å². The maximum Gasteiger partial charge on any atom is 0.251 e. The second kappa shape index (κ2) is 6.57. The number of nitrogens with zero attached hydrogens (tertiary/aromatic N) is 2. The number of piperazine rings is 1. The van der Waals surface area contributed by atoms with Crippen LogP contribution in [0.25, 0.3) is 0 Å². The quantitative estimate of drug-likeness (QED) is 0.927. The topological polar surface area (TPSA) is 43.8 Å². The van der Waals surface area contributed by atoms with Crippen molar-refractivity contribution in [2.75, 3.05) is 26.2 Å². The van der Waals surface area contributed by atoms with E-state index in [1.807, 2.05) is 24.3 Å². The molecule has 0 saturated carbocycles. The number of hydrogen-bond acceptors (Lipinski definition) is 3. The number of rotatable bonds is 3. The molecule has 1 N–H and O–H groups in total. The summed E-state index contributed by atoms with van der Waals surface area (Å²) in [6.45, 7) is 6.54. The third-order valence-corrected chi connectivity index (χ3v) is 4.23. The summed E-state index contributed by atoms with van der Waals surface area (Å²) in [5.74, 6) is -0.185. The first kappa shape index (κ1) is 15.3. The molecule has 1 heterocycles. The Balaban J connectivity index is 1.97. The van der Waals surface area contributed by atoms with Gasteiger partial charge in [0.25, 0.3) is 5.91 Å². The molecular weight excluding hydrogens is 276 g/mol. The zero-order valence-electron chi connectivity index (χ0n) is 11.9. The fraction of sp³-hybridized carbons (Fsp3) is 0.533. The summed E-state index contributed by atoms with van der Waals surface area (Å²) >= 11 is 6.23. The molecule has 2 atom stereocenters. The predicted octanol–water partition coefficient (Wildman–Crippen LogP) is 1.93. The number of aliphatic hydroxyl groups is 1. The molecule has 0 bridgehead atoms. The zero-order valence-corrected chi connectivity index (χ0v) is 12.7. The first-order valence-electron chi connectivity index (χ1n) is 6.96.